The number of carbonyl (C=O) groups is 2. The number of carbonyl (C=O) groups excluding carboxylic acids is 2. The number of aromatic nitrogens is 4. The summed E-state index contributed by atoms with van der Waals surface area (Å²) in [6, 6.07) is 10.8. The number of anilines is 4. The zero-order valence-corrected chi connectivity index (χ0v) is 30.4. The van der Waals surface area contributed by atoms with Gasteiger partial charge in [-0.05, 0) is 50.3 Å². The van der Waals surface area contributed by atoms with Crippen molar-refractivity contribution in [3.63, 3.8) is 0 Å². The predicted molar refractivity (Wildman–Crippen MR) is 181 cm³/mol. The fourth-order valence-corrected chi connectivity index (χ4v) is 4.20. The number of hydrogen-bond acceptors (Lipinski definition) is 8. The van der Waals surface area contributed by atoms with Gasteiger partial charge in [0.2, 0.25) is 11.8 Å². The number of urea groups is 1. The van der Waals surface area contributed by atoms with Gasteiger partial charge in [-0.15, -0.1) is 6.42 Å². The Morgan fingerprint density at radius 2 is 1.87 bits per heavy atom. The van der Waals surface area contributed by atoms with Crippen LogP contribution in [0.1, 0.15) is 41.4 Å². The molecule has 2 aromatic heterocycles. The number of nitrogens with zero attached hydrogens (tertiary/aromatic N) is 4. The molecule has 5 N–H and O–H groups in total. The van der Waals surface area contributed by atoms with Crippen molar-refractivity contribution in [1.82, 2.24) is 30.4 Å². The third kappa shape index (κ3) is 10.0. The molecule has 2 aromatic carbocycles. The SMILES string of the molecule is C#Cc1cc(Nc2nccc(Oc3ccc(NC(=O)Nc4cc(C(C)C)n[nH]4)c(Cl)c3Cl)n2)cc(C(=O)NCCN(C)C)c1.[PoH2]. The number of rotatable bonds is 11. The van der Waals surface area contributed by atoms with Crippen molar-refractivity contribution in [2.24, 2.45) is 0 Å². The number of ether oxygens (including phenoxy) is 1. The average Bonchev–Trinajstić information content (AvgIpc) is 3.45. The molecule has 0 saturated heterocycles. The van der Waals surface area contributed by atoms with Crippen molar-refractivity contribution in [2.45, 2.75) is 19.8 Å². The first-order valence-electron chi connectivity index (χ1n) is 13.5. The summed E-state index contributed by atoms with van der Waals surface area (Å²) in [4.78, 5) is 35.7. The molecule has 0 unspecified atom stereocenters. The summed E-state index contributed by atoms with van der Waals surface area (Å²) < 4.78 is 5.87. The van der Waals surface area contributed by atoms with Crippen LogP contribution in [0.2, 0.25) is 10.0 Å². The molecule has 0 aliphatic rings. The number of amides is 3. The van der Waals surface area contributed by atoms with E-state index < -0.39 is 6.03 Å². The van der Waals surface area contributed by atoms with E-state index in [2.05, 4.69) is 47.4 Å². The Hall–Kier alpha value is -3.93. The van der Waals surface area contributed by atoms with Gasteiger partial charge in [-0.25, -0.2) is 9.78 Å². The molecular formula is C30H33Cl2N9O3Po. The molecule has 3 amide bonds. The summed E-state index contributed by atoms with van der Waals surface area (Å²) in [7, 11) is 3.85. The number of terminal acetylenes is 1. The van der Waals surface area contributed by atoms with E-state index in [4.69, 9.17) is 34.4 Å². The average molecular weight is 848 g/mol. The van der Waals surface area contributed by atoms with Crippen LogP contribution in [0.5, 0.6) is 11.6 Å². The molecule has 4 rings (SSSR count). The van der Waals surface area contributed by atoms with Crippen molar-refractivity contribution in [2.75, 3.05) is 43.1 Å². The first-order valence-corrected chi connectivity index (χ1v) is 14.2. The number of halogens is 2. The Morgan fingerprint density at radius 3 is 2.56 bits per heavy atom. The van der Waals surface area contributed by atoms with Crippen LogP contribution >= 0.6 is 23.2 Å². The van der Waals surface area contributed by atoms with Gasteiger partial charge in [0.15, 0.2) is 0 Å². The summed E-state index contributed by atoms with van der Waals surface area (Å²) in [5.41, 5.74) is 2.50. The van der Waals surface area contributed by atoms with E-state index in [1.165, 1.54) is 12.3 Å². The number of likely N-dealkylation sites (N-methyl/N-ethyl adjacent to an activating group) is 1. The molecule has 0 saturated carbocycles. The number of benzene rings is 2. The first-order chi connectivity index (χ1) is 21.0. The van der Waals surface area contributed by atoms with E-state index in [9.17, 15) is 9.59 Å². The van der Waals surface area contributed by atoms with Gasteiger partial charge in [0.25, 0.3) is 5.91 Å². The third-order valence-corrected chi connectivity index (χ3v) is 6.90. The molecule has 45 heavy (non-hydrogen) atoms. The minimum atomic E-state index is -0.537. The fraction of sp³-hybridized carbons (Fsp3) is 0.233. The van der Waals surface area contributed by atoms with Gasteiger partial charge in [-0.2, -0.15) is 10.1 Å². The first kappa shape index (κ1) is 35.5. The Labute approximate surface area is 290 Å². The van der Waals surface area contributed by atoms with Gasteiger partial charge in [0, 0.05) is 48.2 Å². The molecule has 0 spiro atoms. The van der Waals surface area contributed by atoms with Gasteiger partial charge in [-0.1, -0.05) is 43.0 Å². The molecular weight excluding hydrogens is 814 g/mol. The minimum absolute atomic E-state index is 0. The van der Waals surface area contributed by atoms with Crippen molar-refractivity contribution < 1.29 is 14.3 Å². The van der Waals surface area contributed by atoms with Crippen LogP contribution in [0.25, 0.3) is 0 Å². The molecule has 0 aliphatic heterocycles. The molecule has 0 radical (unpaired) electrons. The van der Waals surface area contributed by atoms with Crippen LogP contribution in [0.15, 0.2) is 48.7 Å². The van der Waals surface area contributed by atoms with Gasteiger partial charge in [0.1, 0.15) is 16.6 Å². The second-order valence-corrected chi connectivity index (χ2v) is 10.9. The zero-order chi connectivity index (χ0) is 31.8. The summed E-state index contributed by atoms with van der Waals surface area (Å²) >= 11 is 12.9. The van der Waals surface area contributed by atoms with Crippen molar-refractivity contribution in [1.29, 1.82) is 0 Å². The monoisotopic (exact) mass is 846 g/mol. The topological polar surface area (TPSA) is 149 Å². The van der Waals surface area contributed by atoms with Crippen molar-refractivity contribution >= 4 is 84.8 Å². The maximum atomic E-state index is 12.7. The molecule has 0 fully saturated rings. The molecule has 0 bridgehead atoms. The van der Waals surface area contributed by atoms with E-state index in [1.807, 2.05) is 32.8 Å². The molecule has 2 heterocycles. The number of hydrogen-bond donors (Lipinski definition) is 5. The molecule has 15 heteroatoms. The predicted octanol–water partition coefficient (Wildman–Crippen LogP) is 5.17. The van der Waals surface area contributed by atoms with E-state index in [0.29, 0.717) is 35.7 Å². The number of aromatic amines is 1. The Bertz CT molecular complexity index is 1710. The van der Waals surface area contributed by atoms with Crippen LogP contribution in [0, 0.1) is 12.3 Å². The van der Waals surface area contributed by atoms with Gasteiger partial charge in [-0.3, -0.25) is 15.2 Å². The quantitative estimate of drug-likeness (QED) is 0.130. The van der Waals surface area contributed by atoms with Crippen molar-refractivity contribution in [3.05, 3.63) is 75.5 Å². The van der Waals surface area contributed by atoms with Gasteiger partial charge < -0.3 is 25.6 Å². The third-order valence-electron chi connectivity index (χ3n) is 6.04. The van der Waals surface area contributed by atoms with E-state index in [1.54, 1.807) is 36.4 Å². The Kier molecular flexibility index (Phi) is 13.0. The van der Waals surface area contributed by atoms with Gasteiger partial charge >= 0.3 is 32.6 Å². The Morgan fingerprint density at radius 1 is 1.09 bits per heavy atom. The van der Waals surface area contributed by atoms with Crippen LogP contribution < -0.4 is 26.0 Å². The van der Waals surface area contributed by atoms with E-state index in [0.717, 1.165) is 5.69 Å². The molecule has 0 atom stereocenters. The van der Waals surface area contributed by atoms with Crippen LogP contribution in [0.3, 0.4) is 0 Å². The van der Waals surface area contributed by atoms with Crippen LogP contribution in [-0.4, -0.2) is 90.8 Å². The molecule has 12 nitrogen and oxygen atoms in total. The summed E-state index contributed by atoms with van der Waals surface area (Å²) in [6.07, 6.45) is 7.11. The van der Waals surface area contributed by atoms with Crippen LogP contribution in [-0.2, 0) is 0 Å². The van der Waals surface area contributed by atoms with E-state index >= 15 is 0 Å². The van der Waals surface area contributed by atoms with Crippen LogP contribution in [0.4, 0.5) is 27.9 Å². The number of H-pyrrole nitrogens is 1. The molecule has 236 valence electrons. The summed E-state index contributed by atoms with van der Waals surface area (Å²) in [6.45, 7) is 5.17. The maximum absolute atomic E-state index is 12.7. The normalized spacial score (nSPS) is 10.6. The van der Waals surface area contributed by atoms with Gasteiger partial charge in [0.05, 0.1) is 16.4 Å². The summed E-state index contributed by atoms with van der Waals surface area (Å²) in [5.74, 6) is 3.49. The van der Waals surface area contributed by atoms with E-state index in [-0.39, 0.29) is 71.7 Å². The summed E-state index contributed by atoms with van der Waals surface area (Å²) in [5, 5.41) is 18.3. The number of nitrogens with one attached hydrogen (secondary N) is 5. The standard InChI is InChI=1S/C30H31Cl2N9O3.Po.2H/c1-6-18-13-19(28(42)33-11-12-41(4)5)15-20(14-18)35-29-34-10-9-25(38-29)44-23-8-7-21(26(31)27(23)32)36-30(43)37-24-16-22(17(2)3)39-40-24;;;/h1,7-10,13-17H,11-12H2,2-5H3,(H,33,42)(H,34,35,38)(H3,36,37,39,40,43);;;. The fourth-order valence-electron chi connectivity index (χ4n) is 3.79. The second kappa shape index (κ2) is 16.4. The molecule has 0 aliphatic carbocycles. The Balaban J connectivity index is 0.00000552. The second-order valence-electron chi connectivity index (χ2n) is 10.1. The molecule has 4 aromatic rings. The zero-order valence-electron chi connectivity index (χ0n) is 25.0. The van der Waals surface area contributed by atoms with Crippen molar-refractivity contribution in [3.8, 4) is 24.0 Å².